The van der Waals surface area contributed by atoms with Crippen molar-refractivity contribution < 1.29 is 4.79 Å². The molecule has 0 unspecified atom stereocenters. The molecule has 4 rings (SSSR count). The van der Waals surface area contributed by atoms with Gasteiger partial charge in [0.25, 0.3) is 0 Å². The summed E-state index contributed by atoms with van der Waals surface area (Å²) in [5.41, 5.74) is 5.46. The monoisotopic (exact) mass is 366 g/mol. The van der Waals surface area contributed by atoms with E-state index in [0.717, 1.165) is 32.6 Å². The van der Waals surface area contributed by atoms with Gasteiger partial charge in [0.15, 0.2) is 0 Å². The van der Waals surface area contributed by atoms with Crippen LogP contribution in [0.5, 0.6) is 0 Å². The molecule has 5 heteroatoms. The van der Waals surface area contributed by atoms with Crippen LogP contribution in [0.3, 0.4) is 0 Å². The highest BCUT2D eigenvalue weighted by Gasteiger charge is 2.34. The molecule has 144 valence electrons. The molecule has 2 aromatic rings. The zero-order chi connectivity index (χ0) is 19.1. The van der Waals surface area contributed by atoms with Crippen LogP contribution in [0, 0.1) is 0 Å². The predicted molar refractivity (Wildman–Crippen MR) is 111 cm³/mol. The zero-order valence-corrected chi connectivity index (χ0v) is 16.8. The summed E-state index contributed by atoms with van der Waals surface area (Å²) in [6.07, 6.45) is 5.67. The van der Waals surface area contributed by atoms with Crippen LogP contribution in [-0.2, 0) is 13.0 Å². The number of nitrogens with zero attached hydrogens (tertiary/aromatic N) is 3. The summed E-state index contributed by atoms with van der Waals surface area (Å²) in [7, 11) is 2.18. The van der Waals surface area contributed by atoms with E-state index in [-0.39, 0.29) is 12.1 Å². The van der Waals surface area contributed by atoms with Gasteiger partial charge in [0, 0.05) is 49.3 Å². The van der Waals surface area contributed by atoms with Crippen molar-refractivity contribution in [1.82, 2.24) is 19.7 Å². The van der Waals surface area contributed by atoms with Crippen LogP contribution in [0.15, 0.2) is 30.5 Å². The number of carbonyl (C=O) groups excluding carboxylic acids is 1. The molecule has 1 aromatic heterocycles. The summed E-state index contributed by atoms with van der Waals surface area (Å²) >= 11 is 0. The molecule has 1 aliphatic carbocycles. The summed E-state index contributed by atoms with van der Waals surface area (Å²) < 4.78 is 2.35. The summed E-state index contributed by atoms with van der Waals surface area (Å²) in [5.74, 6) is 0. The lowest BCUT2D eigenvalue weighted by Crippen LogP contribution is -2.52. The van der Waals surface area contributed by atoms with Crippen LogP contribution >= 0.6 is 0 Å². The van der Waals surface area contributed by atoms with Crippen molar-refractivity contribution in [2.24, 2.45) is 0 Å². The Kier molecular flexibility index (Phi) is 4.72. The number of carbonyl (C=O) groups is 1. The molecular weight excluding hydrogens is 336 g/mol. The van der Waals surface area contributed by atoms with Crippen molar-refractivity contribution in [3.8, 4) is 0 Å². The molecule has 1 N–H and O–H groups in total. The lowest BCUT2D eigenvalue weighted by Gasteiger charge is -2.40. The van der Waals surface area contributed by atoms with Crippen LogP contribution in [0.1, 0.15) is 31.9 Å². The predicted octanol–water partition coefficient (Wildman–Crippen LogP) is 3.33. The van der Waals surface area contributed by atoms with Gasteiger partial charge in [-0.15, -0.1) is 0 Å². The molecule has 0 spiro atoms. The summed E-state index contributed by atoms with van der Waals surface area (Å²) in [6.45, 7) is 9.54. The van der Waals surface area contributed by atoms with Gasteiger partial charge in [-0.2, -0.15) is 0 Å². The maximum Gasteiger partial charge on any atom is 0.317 e. The van der Waals surface area contributed by atoms with Crippen molar-refractivity contribution in [3.63, 3.8) is 0 Å². The van der Waals surface area contributed by atoms with Crippen LogP contribution in [0.2, 0.25) is 0 Å². The van der Waals surface area contributed by atoms with Gasteiger partial charge in [-0.3, -0.25) is 4.90 Å². The van der Waals surface area contributed by atoms with Gasteiger partial charge in [-0.05, 0) is 57.0 Å². The Hall–Kier alpha value is -2.27. The third kappa shape index (κ3) is 2.94. The van der Waals surface area contributed by atoms with Crippen molar-refractivity contribution in [2.45, 2.75) is 45.8 Å². The largest absolute Gasteiger partial charge is 0.347 e. The average molecular weight is 367 g/mol. The maximum absolute atomic E-state index is 12.5. The molecule has 1 aromatic carbocycles. The number of hydrogen-bond donors (Lipinski definition) is 1. The Morgan fingerprint density at radius 3 is 2.74 bits per heavy atom. The lowest BCUT2D eigenvalue weighted by atomic mass is 9.81. The van der Waals surface area contributed by atoms with Crippen LogP contribution in [-0.4, -0.2) is 59.2 Å². The average Bonchev–Trinajstić information content (AvgIpc) is 3.03. The highest BCUT2D eigenvalue weighted by molar-refractivity contribution is 5.99. The number of aromatic nitrogens is 1. The van der Waals surface area contributed by atoms with Gasteiger partial charge in [-0.25, -0.2) is 4.79 Å². The second-order valence-electron chi connectivity index (χ2n) is 7.65. The van der Waals surface area contributed by atoms with Crippen molar-refractivity contribution in [2.75, 3.05) is 26.7 Å². The Morgan fingerprint density at radius 2 is 2.04 bits per heavy atom. The normalized spacial score (nSPS) is 21.7. The molecule has 27 heavy (non-hydrogen) atoms. The third-order valence-corrected chi connectivity index (χ3v) is 6.17. The smallest absolute Gasteiger partial charge is 0.317 e. The van der Waals surface area contributed by atoms with Gasteiger partial charge in [0.2, 0.25) is 0 Å². The summed E-state index contributed by atoms with van der Waals surface area (Å²) in [6, 6.07) is 7.08. The van der Waals surface area contributed by atoms with E-state index in [1.807, 2.05) is 18.7 Å². The van der Waals surface area contributed by atoms with E-state index in [1.54, 1.807) is 0 Å². The highest BCUT2D eigenvalue weighted by atomic mass is 16.2. The van der Waals surface area contributed by atoms with Crippen LogP contribution < -0.4 is 5.32 Å². The minimum atomic E-state index is 0.0283. The second kappa shape index (κ2) is 7.04. The molecule has 2 amide bonds. The molecule has 2 atom stereocenters. The quantitative estimate of drug-likeness (QED) is 0.902. The second-order valence-corrected chi connectivity index (χ2v) is 7.65. The van der Waals surface area contributed by atoms with Gasteiger partial charge < -0.3 is 14.8 Å². The summed E-state index contributed by atoms with van der Waals surface area (Å²) in [4.78, 5) is 16.8. The molecule has 2 aliphatic rings. The molecule has 1 aliphatic heterocycles. The molecule has 5 nitrogen and oxygen atoms in total. The maximum atomic E-state index is 12.5. The van der Waals surface area contributed by atoms with Crippen molar-refractivity contribution in [3.05, 3.63) is 41.6 Å². The van der Waals surface area contributed by atoms with Gasteiger partial charge in [0.1, 0.15) is 0 Å². The third-order valence-electron chi connectivity index (χ3n) is 6.17. The van der Waals surface area contributed by atoms with E-state index in [2.05, 4.69) is 59.2 Å². The number of urea groups is 1. The van der Waals surface area contributed by atoms with Gasteiger partial charge >= 0.3 is 6.03 Å². The van der Waals surface area contributed by atoms with Crippen molar-refractivity contribution >= 4 is 22.5 Å². The lowest BCUT2D eigenvalue weighted by molar-refractivity contribution is 0.193. The van der Waals surface area contributed by atoms with E-state index in [0.29, 0.717) is 6.04 Å². The first-order valence-electron chi connectivity index (χ1n) is 10.2. The number of benzene rings is 1. The van der Waals surface area contributed by atoms with Crippen molar-refractivity contribution in [1.29, 1.82) is 0 Å². The number of rotatable bonds is 4. The standard InChI is InChI=1S/C22H30N4O/c1-5-25(6-2)22(27)23-16-12-18-17-9-8-10-19-21(17)15(13-26(19)7-3)11-20(18)24(4)14-16/h8-10,12-13,16,20H,5-7,11,14H2,1-4H3,(H,23,27)/t16-,20+/m0/s1. The summed E-state index contributed by atoms with van der Waals surface area (Å²) in [5, 5.41) is 4.61. The van der Waals surface area contributed by atoms with E-state index in [1.165, 1.54) is 27.6 Å². The first-order valence-corrected chi connectivity index (χ1v) is 10.2. The zero-order valence-electron chi connectivity index (χ0n) is 16.8. The first kappa shape index (κ1) is 18.1. The molecule has 2 heterocycles. The Morgan fingerprint density at radius 1 is 1.26 bits per heavy atom. The molecule has 0 saturated carbocycles. The molecule has 0 saturated heterocycles. The van der Waals surface area contributed by atoms with Gasteiger partial charge in [-0.1, -0.05) is 18.2 Å². The number of likely N-dealkylation sites (N-methyl/N-ethyl adjacent to an activating group) is 1. The van der Waals surface area contributed by atoms with Crippen LogP contribution in [0.25, 0.3) is 16.5 Å². The first-order chi connectivity index (χ1) is 13.1. The van der Waals surface area contributed by atoms with E-state index >= 15 is 0 Å². The minimum absolute atomic E-state index is 0.0283. The topological polar surface area (TPSA) is 40.5 Å². The number of nitrogens with one attached hydrogen (secondary N) is 1. The molecule has 0 radical (unpaired) electrons. The fourth-order valence-corrected chi connectivity index (χ4v) is 4.74. The van der Waals surface area contributed by atoms with E-state index < -0.39 is 0 Å². The van der Waals surface area contributed by atoms with Crippen LogP contribution in [0.4, 0.5) is 4.79 Å². The number of fused-ring (bicyclic) bond motifs is 2. The fourth-order valence-electron chi connectivity index (χ4n) is 4.74. The molecular formula is C22H30N4O. The number of amides is 2. The Balaban J connectivity index is 1.72. The molecule has 0 fully saturated rings. The van der Waals surface area contributed by atoms with E-state index in [4.69, 9.17) is 0 Å². The fraction of sp³-hybridized carbons (Fsp3) is 0.500. The number of hydrogen-bond acceptors (Lipinski definition) is 2. The Bertz CT molecular complexity index is 893. The Labute approximate surface area is 161 Å². The van der Waals surface area contributed by atoms with E-state index in [9.17, 15) is 4.79 Å². The van der Waals surface area contributed by atoms with Gasteiger partial charge in [0.05, 0.1) is 6.04 Å². The highest BCUT2D eigenvalue weighted by Crippen LogP contribution is 2.40. The minimum Gasteiger partial charge on any atom is -0.347 e. The number of aryl methyl sites for hydroxylation is 1. The SMILES string of the molecule is CCN(CC)C(=O)N[C@H]1C=C2c3cccc4c3c(cn4CC)C[C@H]2N(C)C1. The molecule has 0 bridgehead atoms.